The van der Waals surface area contributed by atoms with Crippen LogP contribution in [0.25, 0.3) is 0 Å². The molecule has 8 heteroatoms. The van der Waals surface area contributed by atoms with Crippen LogP contribution in [0.2, 0.25) is 0 Å². The number of hydrogen-bond acceptors (Lipinski definition) is 4. The quantitative estimate of drug-likeness (QED) is 0.632. The molecule has 0 aliphatic carbocycles. The van der Waals surface area contributed by atoms with E-state index in [1.807, 2.05) is 0 Å². The first-order valence-corrected chi connectivity index (χ1v) is 5.21. The number of H-pyrrole nitrogens is 1. The van der Waals surface area contributed by atoms with Gasteiger partial charge in [0.15, 0.2) is 0 Å². The van der Waals surface area contributed by atoms with Crippen LogP contribution in [0.15, 0.2) is 11.1 Å². The van der Waals surface area contributed by atoms with Crippen LogP contribution >= 0.6 is 0 Å². The summed E-state index contributed by atoms with van der Waals surface area (Å²) in [4.78, 5) is 35.2. The van der Waals surface area contributed by atoms with Gasteiger partial charge in [-0.05, 0) is 0 Å². The molecule has 0 aromatic carbocycles. The van der Waals surface area contributed by atoms with Crippen molar-refractivity contribution in [3.63, 3.8) is 0 Å². The van der Waals surface area contributed by atoms with E-state index in [0.717, 1.165) is 0 Å². The van der Waals surface area contributed by atoms with E-state index in [1.54, 1.807) is 4.90 Å². The number of amides is 2. The number of aromatic nitrogens is 3. The van der Waals surface area contributed by atoms with Gasteiger partial charge in [0.25, 0.3) is 0 Å². The number of aromatic amines is 1. The van der Waals surface area contributed by atoms with Crippen molar-refractivity contribution < 1.29 is 9.59 Å². The maximum atomic E-state index is 11.5. The first-order valence-electron chi connectivity index (χ1n) is 5.21. The molecule has 1 aliphatic rings. The second kappa shape index (κ2) is 4.40. The number of carbonyl (C=O) groups is 2. The Kier molecular flexibility index (Phi) is 2.94. The van der Waals surface area contributed by atoms with Gasteiger partial charge in [0, 0.05) is 20.0 Å². The van der Waals surface area contributed by atoms with Crippen molar-refractivity contribution in [2.75, 3.05) is 13.1 Å². The Morgan fingerprint density at radius 1 is 1.59 bits per heavy atom. The van der Waals surface area contributed by atoms with E-state index in [4.69, 9.17) is 0 Å². The average molecular weight is 239 g/mol. The second-order valence-electron chi connectivity index (χ2n) is 3.98. The summed E-state index contributed by atoms with van der Waals surface area (Å²) in [7, 11) is 0. The minimum Gasteiger partial charge on any atom is -0.348 e. The first-order chi connectivity index (χ1) is 8.06. The molecule has 2 amide bonds. The molecule has 2 N–H and O–H groups in total. The molecule has 0 atom stereocenters. The topological polar surface area (TPSA) is 100 Å². The maximum absolute atomic E-state index is 11.5. The molecule has 0 bridgehead atoms. The SMILES string of the molecule is CC(=O)N1CC(NC(=O)Cn2cn[nH]c2=O)C1. The second-order valence-corrected chi connectivity index (χ2v) is 3.98. The minimum absolute atomic E-state index is 0.00144. The summed E-state index contributed by atoms with van der Waals surface area (Å²) >= 11 is 0. The Hall–Kier alpha value is -2.12. The number of likely N-dealkylation sites (tertiary alicyclic amines) is 1. The predicted octanol–water partition coefficient (Wildman–Crippen LogP) is -2.08. The van der Waals surface area contributed by atoms with E-state index >= 15 is 0 Å². The number of hydrogen-bond donors (Lipinski definition) is 2. The lowest BCUT2D eigenvalue weighted by molar-refractivity contribution is -0.136. The van der Waals surface area contributed by atoms with Gasteiger partial charge in [-0.2, -0.15) is 5.10 Å². The van der Waals surface area contributed by atoms with Crippen LogP contribution in [0.3, 0.4) is 0 Å². The van der Waals surface area contributed by atoms with E-state index in [2.05, 4.69) is 15.5 Å². The molecule has 8 nitrogen and oxygen atoms in total. The van der Waals surface area contributed by atoms with Gasteiger partial charge in [0.2, 0.25) is 11.8 Å². The zero-order chi connectivity index (χ0) is 12.4. The lowest BCUT2D eigenvalue weighted by atomic mass is 10.1. The smallest absolute Gasteiger partial charge is 0.343 e. The average Bonchev–Trinajstić information content (AvgIpc) is 2.57. The largest absolute Gasteiger partial charge is 0.348 e. The summed E-state index contributed by atoms with van der Waals surface area (Å²) in [5, 5.41) is 8.45. The highest BCUT2D eigenvalue weighted by molar-refractivity contribution is 5.77. The molecule has 17 heavy (non-hydrogen) atoms. The van der Waals surface area contributed by atoms with Crippen LogP contribution in [0.4, 0.5) is 0 Å². The molecule has 0 spiro atoms. The monoisotopic (exact) mass is 239 g/mol. The van der Waals surface area contributed by atoms with Crippen LogP contribution in [0.5, 0.6) is 0 Å². The van der Waals surface area contributed by atoms with Crippen LogP contribution in [0, 0.1) is 0 Å². The summed E-state index contributed by atoms with van der Waals surface area (Å²) in [5.41, 5.74) is -0.417. The summed E-state index contributed by atoms with van der Waals surface area (Å²) in [6.45, 7) is 2.48. The minimum atomic E-state index is -0.417. The number of carbonyl (C=O) groups excluding carboxylic acids is 2. The zero-order valence-corrected chi connectivity index (χ0v) is 9.34. The molecule has 0 saturated carbocycles. The van der Waals surface area contributed by atoms with Gasteiger partial charge in [-0.3, -0.25) is 14.2 Å². The molecule has 1 aromatic rings. The summed E-state index contributed by atoms with van der Waals surface area (Å²) in [6.07, 6.45) is 1.27. The molecule has 1 aliphatic heterocycles. The fourth-order valence-corrected chi connectivity index (χ4v) is 1.64. The van der Waals surface area contributed by atoms with Gasteiger partial charge >= 0.3 is 5.69 Å². The van der Waals surface area contributed by atoms with Crippen molar-refractivity contribution in [2.24, 2.45) is 0 Å². The Morgan fingerprint density at radius 3 is 2.82 bits per heavy atom. The molecule has 1 saturated heterocycles. The lowest BCUT2D eigenvalue weighted by Crippen LogP contribution is -2.60. The molecule has 2 heterocycles. The number of rotatable bonds is 3. The molecule has 1 aromatic heterocycles. The first kappa shape index (κ1) is 11.4. The van der Waals surface area contributed by atoms with Crippen LogP contribution < -0.4 is 11.0 Å². The van der Waals surface area contributed by atoms with Crippen molar-refractivity contribution >= 4 is 11.8 Å². The Balaban J connectivity index is 1.78. The fourth-order valence-electron chi connectivity index (χ4n) is 1.64. The van der Waals surface area contributed by atoms with Crippen molar-refractivity contribution in [3.05, 3.63) is 16.8 Å². The van der Waals surface area contributed by atoms with E-state index in [-0.39, 0.29) is 24.4 Å². The predicted molar refractivity (Wildman–Crippen MR) is 57.0 cm³/mol. The highest BCUT2D eigenvalue weighted by atomic mass is 16.2. The third-order valence-electron chi connectivity index (χ3n) is 2.62. The third kappa shape index (κ3) is 2.52. The molecule has 2 rings (SSSR count). The normalized spacial score (nSPS) is 15.5. The molecular weight excluding hydrogens is 226 g/mol. The van der Waals surface area contributed by atoms with Gasteiger partial charge in [0.1, 0.15) is 12.9 Å². The summed E-state index contributed by atoms with van der Waals surface area (Å²) in [6, 6.07) is -0.0194. The Labute approximate surface area is 96.6 Å². The van der Waals surface area contributed by atoms with E-state index < -0.39 is 5.69 Å². The van der Waals surface area contributed by atoms with E-state index in [0.29, 0.717) is 13.1 Å². The van der Waals surface area contributed by atoms with E-state index in [1.165, 1.54) is 17.8 Å². The van der Waals surface area contributed by atoms with E-state index in [9.17, 15) is 14.4 Å². The summed E-state index contributed by atoms with van der Waals surface area (Å²) < 4.78 is 1.18. The van der Waals surface area contributed by atoms with Crippen molar-refractivity contribution in [1.29, 1.82) is 0 Å². The van der Waals surface area contributed by atoms with Crippen molar-refractivity contribution in [1.82, 2.24) is 25.0 Å². The number of nitrogens with one attached hydrogen (secondary N) is 2. The van der Waals surface area contributed by atoms with Crippen molar-refractivity contribution in [3.8, 4) is 0 Å². The zero-order valence-electron chi connectivity index (χ0n) is 9.34. The van der Waals surface area contributed by atoms with Gasteiger partial charge in [-0.15, -0.1) is 0 Å². The lowest BCUT2D eigenvalue weighted by Gasteiger charge is -2.38. The third-order valence-corrected chi connectivity index (χ3v) is 2.62. The molecule has 0 unspecified atom stereocenters. The molecule has 1 fully saturated rings. The highest BCUT2D eigenvalue weighted by Gasteiger charge is 2.29. The highest BCUT2D eigenvalue weighted by Crippen LogP contribution is 2.07. The van der Waals surface area contributed by atoms with Crippen LogP contribution in [0.1, 0.15) is 6.92 Å². The number of nitrogens with zero attached hydrogens (tertiary/aromatic N) is 3. The summed E-state index contributed by atoms with van der Waals surface area (Å²) in [5.74, 6) is -0.261. The van der Waals surface area contributed by atoms with Gasteiger partial charge in [0.05, 0.1) is 6.04 Å². The molecule has 92 valence electrons. The van der Waals surface area contributed by atoms with Gasteiger partial charge in [-0.1, -0.05) is 0 Å². The molecular formula is C9H13N5O3. The Morgan fingerprint density at radius 2 is 2.29 bits per heavy atom. The maximum Gasteiger partial charge on any atom is 0.343 e. The van der Waals surface area contributed by atoms with Gasteiger partial charge in [-0.25, -0.2) is 9.89 Å². The van der Waals surface area contributed by atoms with Crippen LogP contribution in [-0.2, 0) is 16.1 Å². The Bertz CT molecular complexity index is 485. The van der Waals surface area contributed by atoms with Crippen LogP contribution in [-0.4, -0.2) is 50.6 Å². The van der Waals surface area contributed by atoms with Gasteiger partial charge < -0.3 is 10.2 Å². The standard InChI is InChI=1S/C9H13N5O3/c1-6(15)13-2-7(3-13)11-8(16)4-14-5-10-12-9(14)17/h5,7H,2-4H2,1H3,(H,11,16)(H,12,17). The van der Waals surface area contributed by atoms with Crippen molar-refractivity contribution in [2.45, 2.75) is 19.5 Å². The fraction of sp³-hybridized carbons (Fsp3) is 0.556. The molecule has 0 radical (unpaired) electrons.